The van der Waals surface area contributed by atoms with E-state index in [0.29, 0.717) is 41.6 Å². The molecule has 33 heavy (non-hydrogen) atoms. The van der Waals surface area contributed by atoms with E-state index >= 15 is 0 Å². The number of hydrogen-bond donors (Lipinski definition) is 1. The summed E-state index contributed by atoms with van der Waals surface area (Å²) < 4.78 is 16.3. The smallest absolute Gasteiger partial charge is 0.374 e. The number of amides is 2. The number of ether oxygens (including phenoxy) is 2. The Hall–Kier alpha value is -3.81. The van der Waals surface area contributed by atoms with Crippen molar-refractivity contribution >= 4 is 34.6 Å². The zero-order valence-corrected chi connectivity index (χ0v) is 18.4. The summed E-state index contributed by atoms with van der Waals surface area (Å²) in [7, 11) is 0. The van der Waals surface area contributed by atoms with Gasteiger partial charge in [-0.3, -0.25) is 4.79 Å². The number of likely N-dealkylation sites (tertiary alicyclic amines) is 1. The maximum atomic E-state index is 12.8. The lowest BCUT2D eigenvalue weighted by molar-refractivity contribution is -0.151. The minimum absolute atomic E-state index is 0.0401. The van der Waals surface area contributed by atoms with Gasteiger partial charge in [0.1, 0.15) is 12.2 Å². The second-order valence-electron chi connectivity index (χ2n) is 7.82. The second-order valence-corrected chi connectivity index (χ2v) is 7.82. The Kier molecular flexibility index (Phi) is 6.92. The minimum Gasteiger partial charge on any atom is -0.460 e. The molecule has 1 fully saturated rings. The Morgan fingerprint density at radius 2 is 1.82 bits per heavy atom. The van der Waals surface area contributed by atoms with Crippen molar-refractivity contribution in [3.8, 4) is 0 Å². The third-order valence-electron chi connectivity index (χ3n) is 5.58. The molecule has 1 aromatic heterocycles. The first-order valence-corrected chi connectivity index (χ1v) is 11.0. The fourth-order valence-corrected chi connectivity index (χ4v) is 3.94. The summed E-state index contributed by atoms with van der Waals surface area (Å²) >= 11 is 0. The minimum atomic E-state index is -0.596. The molecule has 2 aromatic carbocycles. The van der Waals surface area contributed by atoms with Crippen LogP contribution >= 0.6 is 0 Å². The van der Waals surface area contributed by atoms with Crippen LogP contribution in [0.5, 0.6) is 0 Å². The fraction of sp³-hybridized carbons (Fsp3) is 0.320. The fourth-order valence-electron chi connectivity index (χ4n) is 3.94. The van der Waals surface area contributed by atoms with Crippen molar-refractivity contribution < 1.29 is 28.3 Å². The number of anilines is 1. The maximum absolute atomic E-state index is 12.8. The molecule has 1 saturated heterocycles. The molecule has 2 amide bonds. The Labute approximate surface area is 191 Å². The molecular weight excluding hydrogens is 424 g/mol. The summed E-state index contributed by atoms with van der Waals surface area (Å²) in [6.45, 7) is 2.65. The highest BCUT2D eigenvalue weighted by molar-refractivity contribution is 5.96. The number of nitrogens with one attached hydrogen (secondary N) is 1. The monoisotopic (exact) mass is 450 g/mol. The van der Waals surface area contributed by atoms with E-state index in [1.54, 1.807) is 30.0 Å². The number of urea groups is 1. The van der Waals surface area contributed by atoms with Gasteiger partial charge < -0.3 is 24.1 Å². The highest BCUT2D eigenvalue weighted by Gasteiger charge is 2.30. The van der Waals surface area contributed by atoms with Crippen molar-refractivity contribution in [1.82, 2.24) is 4.90 Å². The Balaban J connectivity index is 1.41. The third kappa shape index (κ3) is 5.16. The predicted octanol–water partition coefficient (Wildman–Crippen LogP) is 4.60. The molecule has 2 heterocycles. The molecule has 8 heteroatoms. The van der Waals surface area contributed by atoms with Gasteiger partial charge in [-0.05, 0) is 38.0 Å². The van der Waals surface area contributed by atoms with Gasteiger partial charge >= 0.3 is 18.0 Å². The number of benzene rings is 2. The van der Waals surface area contributed by atoms with Crippen molar-refractivity contribution in [3.63, 3.8) is 0 Å². The van der Waals surface area contributed by atoms with Gasteiger partial charge in [0.15, 0.2) is 0 Å². The lowest BCUT2D eigenvalue weighted by Gasteiger charge is -2.31. The molecular formula is C25H26N2O6. The lowest BCUT2D eigenvalue weighted by Crippen LogP contribution is -2.44. The van der Waals surface area contributed by atoms with E-state index < -0.39 is 17.9 Å². The zero-order chi connectivity index (χ0) is 23.2. The molecule has 1 aliphatic heterocycles. The average molecular weight is 450 g/mol. The zero-order valence-electron chi connectivity index (χ0n) is 18.4. The average Bonchev–Trinajstić information content (AvgIpc) is 3.22. The Morgan fingerprint density at radius 1 is 1.06 bits per heavy atom. The van der Waals surface area contributed by atoms with Gasteiger partial charge in [0.05, 0.1) is 18.1 Å². The molecule has 1 atom stereocenters. The van der Waals surface area contributed by atoms with Crippen molar-refractivity contribution in [1.29, 1.82) is 0 Å². The molecule has 0 radical (unpaired) electrons. The normalized spacial score (nSPS) is 15.8. The molecule has 4 rings (SSSR count). The van der Waals surface area contributed by atoms with Gasteiger partial charge in [0, 0.05) is 24.2 Å². The number of furan rings is 1. The number of para-hydroxylation sites is 2. The summed E-state index contributed by atoms with van der Waals surface area (Å²) in [5, 5.41) is 3.54. The molecule has 1 aliphatic rings. The largest absolute Gasteiger partial charge is 0.460 e. The second kappa shape index (κ2) is 10.2. The maximum Gasteiger partial charge on any atom is 0.374 e. The molecule has 0 spiro atoms. The van der Waals surface area contributed by atoms with Crippen LogP contribution in [0.3, 0.4) is 0 Å². The van der Waals surface area contributed by atoms with Crippen LogP contribution in [0.2, 0.25) is 0 Å². The third-order valence-corrected chi connectivity index (χ3v) is 5.58. The Bertz CT molecular complexity index is 1140. The quantitative estimate of drug-likeness (QED) is 0.552. The standard InChI is InChI=1S/C25H26N2O6/c1-2-31-24(29)22-20(19-12-6-7-13-21(19)33-22)16-32-23(28)17-9-8-14-27(15-17)25(30)26-18-10-4-3-5-11-18/h3-7,10-13,17H,2,8-9,14-16H2,1H3,(H,26,30)/t17-/m0/s1. The molecule has 0 aliphatic carbocycles. The number of fused-ring (bicyclic) bond motifs is 1. The van der Waals surface area contributed by atoms with Gasteiger partial charge in [-0.2, -0.15) is 0 Å². The molecule has 3 aromatic rings. The van der Waals surface area contributed by atoms with E-state index in [2.05, 4.69) is 5.32 Å². The number of piperidine rings is 1. The first-order valence-electron chi connectivity index (χ1n) is 11.0. The molecule has 172 valence electrons. The van der Waals surface area contributed by atoms with Crippen molar-refractivity contribution in [2.75, 3.05) is 25.0 Å². The summed E-state index contributed by atoms with van der Waals surface area (Å²) in [5.41, 5.74) is 1.70. The van der Waals surface area contributed by atoms with Crippen LogP contribution in [0.4, 0.5) is 10.5 Å². The molecule has 1 N–H and O–H groups in total. The Morgan fingerprint density at radius 3 is 2.61 bits per heavy atom. The summed E-state index contributed by atoms with van der Waals surface area (Å²) in [5.74, 6) is -1.41. The number of hydrogen-bond acceptors (Lipinski definition) is 6. The summed E-state index contributed by atoms with van der Waals surface area (Å²) in [6.07, 6.45) is 1.33. The van der Waals surface area contributed by atoms with E-state index in [4.69, 9.17) is 13.9 Å². The number of esters is 2. The number of rotatable bonds is 6. The lowest BCUT2D eigenvalue weighted by atomic mass is 9.98. The van der Waals surface area contributed by atoms with Crippen molar-refractivity contribution in [2.24, 2.45) is 5.92 Å². The van der Waals surface area contributed by atoms with Gasteiger partial charge in [-0.1, -0.05) is 36.4 Å². The van der Waals surface area contributed by atoms with E-state index in [1.807, 2.05) is 36.4 Å². The molecule has 0 bridgehead atoms. The van der Waals surface area contributed by atoms with E-state index in [9.17, 15) is 14.4 Å². The SMILES string of the molecule is CCOC(=O)c1oc2ccccc2c1COC(=O)[C@H]1CCCN(C(=O)Nc2ccccc2)C1. The number of nitrogens with zero attached hydrogens (tertiary/aromatic N) is 1. The highest BCUT2D eigenvalue weighted by atomic mass is 16.5. The van der Waals surface area contributed by atoms with Crippen LogP contribution in [0.25, 0.3) is 11.0 Å². The first kappa shape index (κ1) is 22.4. The van der Waals surface area contributed by atoms with Crippen LogP contribution < -0.4 is 5.32 Å². The van der Waals surface area contributed by atoms with Gasteiger partial charge in [0.2, 0.25) is 5.76 Å². The topological polar surface area (TPSA) is 98.1 Å². The predicted molar refractivity (Wildman–Crippen MR) is 122 cm³/mol. The van der Waals surface area contributed by atoms with Crippen molar-refractivity contribution in [2.45, 2.75) is 26.4 Å². The molecule has 8 nitrogen and oxygen atoms in total. The molecule has 0 saturated carbocycles. The van der Waals surface area contributed by atoms with Crippen molar-refractivity contribution in [3.05, 3.63) is 65.9 Å². The summed E-state index contributed by atoms with van der Waals surface area (Å²) in [6, 6.07) is 16.1. The van der Waals surface area contributed by atoms with Crippen LogP contribution in [0.1, 0.15) is 35.9 Å². The molecule has 0 unspecified atom stereocenters. The van der Waals surface area contributed by atoms with Crippen LogP contribution in [-0.2, 0) is 20.9 Å². The summed E-state index contributed by atoms with van der Waals surface area (Å²) in [4.78, 5) is 39.4. The first-order chi connectivity index (χ1) is 16.1. The highest BCUT2D eigenvalue weighted by Crippen LogP contribution is 2.28. The van der Waals surface area contributed by atoms with Crippen LogP contribution in [0.15, 0.2) is 59.0 Å². The van der Waals surface area contributed by atoms with Crippen LogP contribution in [0, 0.1) is 5.92 Å². The number of carbonyl (C=O) groups excluding carboxylic acids is 3. The number of carbonyl (C=O) groups is 3. The van der Waals surface area contributed by atoms with E-state index in [0.717, 1.165) is 0 Å². The van der Waals surface area contributed by atoms with Gasteiger partial charge in [-0.25, -0.2) is 9.59 Å². The van der Waals surface area contributed by atoms with E-state index in [-0.39, 0.29) is 31.5 Å². The van der Waals surface area contributed by atoms with E-state index in [1.165, 1.54) is 0 Å². The van der Waals surface area contributed by atoms with Gasteiger partial charge in [-0.15, -0.1) is 0 Å². The van der Waals surface area contributed by atoms with Gasteiger partial charge in [0.25, 0.3) is 0 Å². The van der Waals surface area contributed by atoms with Crippen LogP contribution in [-0.4, -0.2) is 42.6 Å².